The van der Waals surface area contributed by atoms with E-state index in [4.69, 9.17) is 5.11 Å². The average molecular weight is 276 g/mol. The van der Waals surface area contributed by atoms with Crippen molar-refractivity contribution >= 4 is 27.5 Å². The van der Waals surface area contributed by atoms with Crippen LogP contribution in [0.2, 0.25) is 0 Å². The second-order valence-electron chi connectivity index (χ2n) is 5.20. The van der Waals surface area contributed by atoms with Gasteiger partial charge in [0, 0.05) is 5.57 Å². The average Bonchev–Trinajstić information content (AvgIpc) is 2.52. The number of rotatable bonds is 3. The van der Waals surface area contributed by atoms with Crippen molar-refractivity contribution in [3.05, 3.63) is 71.8 Å². The Hall–Kier alpha value is -2.61. The van der Waals surface area contributed by atoms with Gasteiger partial charge in [-0.2, -0.15) is 0 Å². The molecule has 3 rings (SSSR count). The molecule has 21 heavy (non-hydrogen) atoms. The van der Waals surface area contributed by atoms with Crippen molar-refractivity contribution in [1.82, 2.24) is 0 Å². The highest BCUT2D eigenvalue weighted by Gasteiger charge is 2.06. The number of carbonyl (C=O) groups is 1. The zero-order chi connectivity index (χ0) is 14.8. The minimum Gasteiger partial charge on any atom is -0.478 e. The lowest BCUT2D eigenvalue weighted by Crippen LogP contribution is -1.97. The van der Waals surface area contributed by atoms with Crippen molar-refractivity contribution in [2.24, 2.45) is 0 Å². The minimum absolute atomic E-state index is 0.382. The van der Waals surface area contributed by atoms with Gasteiger partial charge in [-0.1, -0.05) is 60.7 Å². The number of fused-ring (bicyclic) bond motifs is 3. The molecular weight excluding hydrogens is 260 g/mol. The van der Waals surface area contributed by atoms with Gasteiger partial charge in [0.2, 0.25) is 0 Å². The Morgan fingerprint density at radius 2 is 1.62 bits per heavy atom. The Balaban J connectivity index is 2.21. The third kappa shape index (κ3) is 2.52. The van der Waals surface area contributed by atoms with E-state index in [9.17, 15) is 4.79 Å². The molecule has 2 heteroatoms. The lowest BCUT2D eigenvalue weighted by Gasteiger charge is -2.09. The first-order valence-corrected chi connectivity index (χ1v) is 6.96. The summed E-state index contributed by atoms with van der Waals surface area (Å²) in [6.07, 6.45) is 2.41. The molecule has 0 saturated heterocycles. The van der Waals surface area contributed by atoms with Crippen LogP contribution in [0.3, 0.4) is 0 Å². The van der Waals surface area contributed by atoms with Gasteiger partial charge in [-0.15, -0.1) is 0 Å². The number of carboxylic acids is 1. The van der Waals surface area contributed by atoms with E-state index < -0.39 is 5.97 Å². The molecule has 0 heterocycles. The second kappa shape index (κ2) is 5.41. The van der Waals surface area contributed by atoms with Crippen molar-refractivity contribution in [3.63, 3.8) is 0 Å². The maximum Gasteiger partial charge on any atom is 0.330 e. The predicted octanol–water partition coefficient (Wildman–Crippen LogP) is 4.57. The van der Waals surface area contributed by atoms with Crippen LogP contribution in [0, 0.1) is 0 Å². The topological polar surface area (TPSA) is 37.3 Å². The molecule has 0 radical (unpaired) electrons. The van der Waals surface area contributed by atoms with E-state index >= 15 is 0 Å². The summed E-state index contributed by atoms with van der Waals surface area (Å²) in [5.41, 5.74) is 1.54. The molecule has 0 aromatic heterocycles. The van der Waals surface area contributed by atoms with Crippen molar-refractivity contribution in [2.75, 3.05) is 0 Å². The summed E-state index contributed by atoms with van der Waals surface area (Å²) in [6.45, 7) is 1.63. The minimum atomic E-state index is -0.861. The smallest absolute Gasteiger partial charge is 0.330 e. The van der Waals surface area contributed by atoms with E-state index in [0.717, 1.165) is 5.56 Å². The van der Waals surface area contributed by atoms with Crippen LogP contribution in [0.1, 0.15) is 12.5 Å². The van der Waals surface area contributed by atoms with E-state index in [2.05, 4.69) is 30.3 Å². The molecule has 0 bridgehead atoms. The van der Waals surface area contributed by atoms with Crippen LogP contribution in [0.15, 0.2) is 66.2 Å². The Kier molecular flexibility index (Phi) is 3.44. The molecule has 104 valence electrons. The van der Waals surface area contributed by atoms with Crippen molar-refractivity contribution in [1.29, 1.82) is 0 Å². The molecule has 0 spiro atoms. The summed E-state index contributed by atoms with van der Waals surface area (Å²) < 4.78 is 0. The molecule has 0 fully saturated rings. The fraction of sp³-hybridized carbons (Fsp3) is 0.105. The molecule has 3 aromatic carbocycles. The van der Waals surface area contributed by atoms with E-state index in [0.29, 0.717) is 12.0 Å². The standard InChI is InChI=1S/C19H16O2/c1-13(19(20)21)10-11-15-12-14-6-2-3-7-16(14)18-9-5-4-8-17(15)18/h2-10,12H,11H2,1H3,(H,20,21). The molecule has 1 N–H and O–H groups in total. The molecule has 0 aliphatic heterocycles. The predicted molar refractivity (Wildman–Crippen MR) is 86.6 cm³/mol. The molecule has 0 aliphatic rings. The summed E-state index contributed by atoms with van der Waals surface area (Å²) in [4.78, 5) is 10.9. The third-order valence-electron chi connectivity index (χ3n) is 3.82. The third-order valence-corrected chi connectivity index (χ3v) is 3.82. The zero-order valence-electron chi connectivity index (χ0n) is 11.8. The SMILES string of the molecule is CC(=CCc1cc2ccccc2c2ccccc12)C(=O)O. The zero-order valence-corrected chi connectivity index (χ0v) is 11.8. The maximum absolute atomic E-state index is 10.9. The van der Waals surface area contributed by atoms with E-state index in [1.807, 2.05) is 24.3 Å². The lowest BCUT2D eigenvalue weighted by atomic mass is 9.95. The summed E-state index contributed by atoms with van der Waals surface area (Å²) >= 11 is 0. The lowest BCUT2D eigenvalue weighted by molar-refractivity contribution is -0.132. The highest BCUT2D eigenvalue weighted by atomic mass is 16.4. The van der Waals surface area contributed by atoms with Crippen molar-refractivity contribution < 1.29 is 9.90 Å². The normalized spacial score (nSPS) is 12.0. The number of aliphatic carboxylic acids is 1. The molecule has 0 amide bonds. The number of carboxylic acid groups (broad SMARTS) is 1. The van der Waals surface area contributed by atoms with Gasteiger partial charge in [-0.25, -0.2) is 4.79 Å². The van der Waals surface area contributed by atoms with Crippen molar-refractivity contribution in [2.45, 2.75) is 13.3 Å². The van der Waals surface area contributed by atoms with Crippen LogP contribution in [-0.4, -0.2) is 11.1 Å². The summed E-state index contributed by atoms with van der Waals surface area (Å²) in [5, 5.41) is 13.8. The first-order valence-electron chi connectivity index (χ1n) is 6.96. The molecule has 2 nitrogen and oxygen atoms in total. The highest BCUT2D eigenvalue weighted by molar-refractivity contribution is 6.09. The van der Waals surface area contributed by atoms with Crippen LogP contribution < -0.4 is 0 Å². The van der Waals surface area contributed by atoms with Gasteiger partial charge < -0.3 is 5.11 Å². The van der Waals surface area contributed by atoms with Gasteiger partial charge in [0.1, 0.15) is 0 Å². The molecular formula is C19H16O2. The van der Waals surface area contributed by atoms with Crippen LogP contribution in [0.5, 0.6) is 0 Å². The van der Waals surface area contributed by atoms with Gasteiger partial charge in [0.05, 0.1) is 0 Å². The number of hydrogen-bond acceptors (Lipinski definition) is 1. The largest absolute Gasteiger partial charge is 0.478 e. The van der Waals surface area contributed by atoms with Gasteiger partial charge in [-0.3, -0.25) is 0 Å². The molecule has 3 aromatic rings. The molecule has 0 unspecified atom stereocenters. The highest BCUT2D eigenvalue weighted by Crippen LogP contribution is 2.29. The Labute approximate surface area is 123 Å². The van der Waals surface area contributed by atoms with E-state index in [-0.39, 0.29) is 0 Å². The summed E-state index contributed by atoms with van der Waals surface area (Å²) in [5.74, 6) is -0.861. The van der Waals surface area contributed by atoms with Crippen LogP contribution in [-0.2, 0) is 11.2 Å². The van der Waals surface area contributed by atoms with Crippen LogP contribution >= 0.6 is 0 Å². The van der Waals surface area contributed by atoms with Gasteiger partial charge in [-0.05, 0) is 40.5 Å². The Morgan fingerprint density at radius 3 is 2.33 bits per heavy atom. The maximum atomic E-state index is 10.9. The van der Waals surface area contributed by atoms with E-state index in [1.54, 1.807) is 13.0 Å². The Morgan fingerprint density at radius 1 is 1.00 bits per heavy atom. The van der Waals surface area contributed by atoms with E-state index in [1.165, 1.54) is 21.5 Å². The fourth-order valence-electron chi connectivity index (χ4n) is 2.65. The quantitative estimate of drug-likeness (QED) is 0.562. The van der Waals surface area contributed by atoms with Crippen LogP contribution in [0.25, 0.3) is 21.5 Å². The molecule has 0 saturated carbocycles. The monoisotopic (exact) mass is 276 g/mol. The first kappa shape index (κ1) is 13.4. The number of allylic oxidation sites excluding steroid dienone is 1. The van der Waals surface area contributed by atoms with Gasteiger partial charge in [0.25, 0.3) is 0 Å². The fourth-order valence-corrected chi connectivity index (χ4v) is 2.65. The van der Waals surface area contributed by atoms with Gasteiger partial charge in [0.15, 0.2) is 0 Å². The number of benzene rings is 3. The summed E-state index contributed by atoms with van der Waals surface area (Å²) in [7, 11) is 0. The number of hydrogen-bond donors (Lipinski definition) is 1. The molecule has 0 atom stereocenters. The Bertz CT molecular complexity index is 860. The first-order chi connectivity index (χ1) is 10.2. The summed E-state index contributed by atoms with van der Waals surface area (Å²) in [6, 6.07) is 18.7. The second-order valence-corrected chi connectivity index (χ2v) is 5.20. The molecule has 0 aliphatic carbocycles. The van der Waals surface area contributed by atoms with Crippen molar-refractivity contribution in [3.8, 4) is 0 Å². The van der Waals surface area contributed by atoms with Gasteiger partial charge >= 0.3 is 5.97 Å². The van der Waals surface area contributed by atoms with Crippen LogP contribution in [0.4, 0.5) is 0 Å².